The molecule has 0 fully saturated rings. The van der Waals surface area contributed by atoms with Crippen molar-refractivity contribution in [2.45, 2.75) is 0 Å². The fourth-order valence-corrected chi connectivity index (χ4v) is 2.71. The number of anilines is 1. The van der Waals surface area contributed by atoms with Gasteiger partial charge in [-0.15, -0.1) is 0 Å². The van der Waals surface area contributed by atoms with E-state index in [2.05, 4.69) is 5.16 Å². The number of hydrogen-bond donors (Lipinski definition) is 1. The van der Waals surface area contributed by atoms with Gasteiger partial charge < -0.3 is 10.3 Å². The normalized spacial score (nSPS) is 10.6. The van der Waals surface area contributed by atoms with E-state index in [1.165, 1.54) is 6.07 Å². The molecule has 2 N–H and O–H groups in total. The van der Waals surface area contributed by atoms with E-state index in [0.717, 1.165) is 16.9 Å². The first-order valence-electron chi connectivity index (χ1n) is 5.72. The van der Waals surface area contributed by atoms with Crippen molar-refractivity contribution in [3.8, 4) is 21.8 Å². The summed E-state index contributed by atoms with van der Waals surface area (Å²) >= 11 is 1.03. The highest BCUT2D eigenvalue weighted by molar-refractivity contribution is 7.18. The zero-order valence-corrected chi connectivity index (χ0v) is 11.0. The molecule has 0 aliphatic heterocycles. The number of nitrogen functional groups attached to an aromatic ring is 1. The molecule has 3 aromatic rings. The summed E-state index contributed by atoms with van der Waals surface area (Å²) in [5.41, 5.74) is 7.36. The van der Waals surface area contributed by atoms with Crippen molar-refractivity contribution in [1.29, 1.82) is 0 Å². The molecular formula is C13H9N3O3S. The molecule has 1 aromatic carbocycles. The maximum Gasteiger partial charge on any atom is 0.324 e. The lowest BCUT2D eigenvalue weighted by Gasteiger charge is -2.00. The van der Waals surface area contributed by atoms with E-state index in [-0.39, 0.29) is 10.8 Å². The maximum atomic E-state index is 10.8. The number of nitro groups is 1. The van der Waals surface area contributed by atoms with Crippen LogP contribution >= 0.6 is 11.3 Å². The average molecular weight is 287 g/mol. The van der Waals surface area contributed by atoms with Crippen molar-refractivity contribution in [2.75, 3.05) is 5.73 Å². The molecule has 20 heavy (non-hydrogen) atoms. The van der Waals surface area contributed by atoms with Crippen LogP contribution in [0.2, 0.25) is 0 Å². The molecule has 0 saturated heterocycles. The molecule has 0 aliphatic carbocycles. The van der Waals surface area contributed by atoms with Gasteiger partial charge in [-0.2, -0.15) is 0 Å². The Morgan fingerprint density at radius 1 is 1.20 bits per heavy atom. The fraction of sp³-hybridized carbons (Fsp3) is 0. The number of benzene rings is 1. The van der Waals surface area contributed by atoms with E-state index < -0.39 is 4.92 Å². The molecule has 0 saturated carbocycles. The summed E-state index contributed by atoms with van der Waals surface area (Å²) in [5, 5.41) is 14.6. The van der Waals surface area contributed by atoms with E-state index in [4.69, 9.17) is 10.3 Å². The van der Waals surface area contributed by atoms with Crippen LogP contribution in [0.1, 0.15) is 0 Å². The van der Waals surface area contributed by atoms with Crippen LogP contribution in [-0.4, -0.2) is 10.1 Å². The van der Waals surface area contributed by atoms with Crippen LogP contribution in [0.15, 0.2) is 47.0 Å². The molecule has 2 heterocycles. The smallest absolute Gasteiger partial charge is 0.324 e. The highest BCUT2D eigenvalue weighted by Gasteiger charge is 2.21. The Hall–Kier alpha value is -2.67. The maximum absolute atomic E-state index is 10.8. The molecule has 0 aliphatic rings. The Bertz CT molecular complexity index is 764. The van der Waals surface area contributed by atoms with Crippen molar-refractivity contribution in [3.63, 3.8) is 0 Å². The van der Waals surface area contributed by atoms with Crippen molar-refractivity contribution in [1.82, 2.24) is 5.16 Å². The fourth-order valence-electron chi connectivity index (χ4n) is 1.90. The summed E-state index contributed by atoms with van der Waals surface area (Å²) in [6.45, 7) is 0. The number of thiophene rings is 1. The summed E-state index contributed by atoms with van der Waals surface area (Å²) in [7, 11) is 0. The molecule has 100 valence electrons. The first-order valence-corrected chi connectivity index (χ1v) is 6.53. The monoisotopic (exact) mass is 287 g/mol. The predicted molar refractivity (Wildman–Crippen MR) is 76.3 cm³/mol. The third-order valence-corrected chi connectivity index (χ3v) is 3.81. The number of aromatic nitrogens is 1. The molecule has 7 heteroatoms. The summed E-state index contributed by atoms with van der Waals surface area (Å²) in [6.07, 6.45) is 0. The second-order valence-electron chi connectivity index (χ2n) is 4.03. The molecule has 0 radical (unpaired) electrons. The van der Waals surface area contributed by atoms with Crippen molar-refractivity contribution < 1.29 is 9.45 Å². The van der Waals surface area contributed by atoms with E-state index in [9.17, 15) is 10.1 Å². The minimum absolute atomic E-state index is 0.0500. The third-order valence-electron chi connectivity index (χ3n) is 2.78. The Balaban J connectivity index is 2.13. The van der Waals surface area contributed by atoms with Gasteiger partial charge in [0.05, 0.1) is 15.4 Å². The van der Waals surface area contributed by atoms with Crippen molar-refractivity contribution in [2.24, 2.45) is 0 Å². The molecule has 6 nitrogen and oxygen atoms in total. The molecule has 0 amide bonds. The van der Waals surface area contributed by atoms with Gasteiger partial charge in [0, 0.05) is 6.07 Å². The van der Waals surface area contributed by atoms with Crippen LogP contribution in [0.5, 0.6) is 0 Å². The SMILES string of the molecule is Nc1noc(-c2ccc([N+](=O)[O-])s2)c1-c1ccccc1. The van der Waals surface area contributed by atoms with Crippen LogP contribution in [0, 0.1) is 10.1 Å². The lowest BCUT2D eigenvalue weighted by Crippen LogP contribution is -1.87. The minimum Gasteiger partial charge on any atom is -0.380 e. The summed E-state index contributed by atoms with van der Waals surface area (Å²) in [4.78, 5) is 10.9. The summed E-state index contributed by atoms with van der Waals surface area (Å²) in [6, 6.07) is 12.5. The zero-order valence-electron chi connectivity index (χ0n) is 10.1. The van der Waals surface area contributed by atoms with Gasteiger partial charge in [-0.1, -0.05) is 46.8 Å². The third kappa shape index (κ3) is 2.04. The van der Waals surface area contributed by atoms with Crippen LogP contribution in [-0.2, 0) is 0 Å². The van der Waals surface area contributed by atoms with E-state index in [0.29, 0.717) is 16.2 Å². The van der Waals surface area contributed by atoms with E-state index in [1.807, 2.05) is 30.3 Å². The van der Waals surface area contributed by atoms with Gasteiger partial charge in [0.1, 0.15) is 0 Å². The van der Waals surface area contributed by atoms with Crippen LogP contribution in [0.4, 0.5) is 10.8 Å². The van der Waals surface area contributed by atoms with Crippen LogP contribution in [0.3, 0.4) is 0 Å². The van der Waals surface area contributed by atoms with E-state index >= 15 is 0 Å². The Kier molecular flexibility index (Phi) is 2.96. The van der Waals surface area contributed by atoms with Gasteiger partial charge in [0.15, 0.2) is 11.6 Å². The average Bonchev–Trinajstić information content (AvgIpc) is 3.06. The zero-order chi connectivity index (χ0) is 14.1. The van der Waals surface area contributed by atoms with Gasteiger partial charge >= 0.3 is 5.00 Å². The van der Waals surface area contributed by atoms with Gasteiger partial charge in [-0.3, -0.25) is 10.1 Å². The van der Waals surface area contributed by atoms with Gasteiger partial charge in [-0.25, -0.2) is 0 Å². The second-order valence-corrected chi connectivity index (χ2v) is 5.10. The highest BCUT2D eigenvalue weighted by atomic mass is 32.1. The highest BCUT2D eigenvalue weighted by Crippen LogP contribution is 2.41. The lowest BCUT2D eigenvalue weighted by molar-refractivity contribution is -0.380. The Morgan fingerprint density at radius 3 is 2.60 bits per heavy atom. The van der Waals surface area contributed by atoms with Crippen LogP contribution in [0.25, 0.3) is 21.8 Å². The molecular weight excluding hydrogens is 278 g/mol. The van der Waals surface area contributed by atoms with Crippen LogP contribution < -0.4 is 5.73 Å². The summed E-state index contributed by atoms with van der Waals surface area (Å²) < 4.78 is 5.24. The quantitative estimate of drug-likeness (QED) is 0.587. The molecule has 0 bridgehead atoms. The Labute approximate surface area is 117 Å². The molecule has 0 unspecified atom stereocenters. The topological polar surface area (TPSA) is 95.2 Å². The number of nitrogens with zero attached hydrogens (tertiary/aromatic N) is 2. The second kappa shape index (κ2) is 4.78. The van der Waals surface area contributed by atoms with Crippen molar-refractivity contribution in [3.05, 3.63) is 52.6 Å². The molecule has 2 aromatic heterocycles. The number of nitrogens with two attached hydrogens (primary N) is 1. The first kappa shape index (κ1) is 12.4. The number of rotatable bonds is 3. The minimum atomic E-state index is -0.434. The first-order chi connectivity index (χ1) is 9.66. The number of hydrogen-bond acceptors (Lipinski definition) is 6. The summed E-state index contributed by atoms with van der Waals surface area (Å²) in [5.74, 6) is 0.717. The largest absolute Gasteiger partial charge is 0.380 e. The predicted octanol–water partition coefficient (Wildman–Crippen LogP) is 3.56. The molecule has 3 rings (SSSR count). The van der Waals surface area contributed by atoms with Crippen molar-refractivity contribution >= 4 is 22.2 Å². The Morgan fingerprint density at radius 2 is 1.95 bits per heavy atom. The lowest BCUT2D eigenvalue weighted by atomic mass is 10.1. The van der Waals surface area contributed by atoms with E-state index in [1.54, 1.807) is 6.07 Å². The van der Waals surface area contributed by atoms with Gasteiger partial charge in [-0.05, 0) is 11.6 Å². The molecule has 0 spiro atoms. The standard InChI is InChI=1S/C13H9N3O3S/c14-13-11(8-4-2-1-3-5-8)12(19-15-13)9-6-7-10(20-9)16(17)18/h1-7H,(H2,14,15). The van der Waals surface area contributed by atoms with Gasteiger partial charge in [0.25, 0.3) is 0 Å². The van der Waals surface area contributed by atoms with Gasteiger partial charge in [0.2, 0.25) is 0 Å². The molecule has 0 atom stereocenters.